The molecule has 2 bridgehead atoms. The second-order valence-corrected chi connectivity index (χ2v) is 3.25. The Morgan fingerprint density at radius 2 is 2.38 bits per heavy atom. The molecule has 0 N–H and O–H groups in total. The molecule has 2 unspecified atom stereocenters. The van der Waals surface area contributed by atoms with E-state index in [1.165, 1.54) is 0 Å². The van der Waals surface area contributed by atoms with Crippen molar-refractivity contribution in [2.75, 3.05) is 13.2 Å². The van der Waals surface area contributed by atoms with Gasteiger partial charge in [0, 0.05) is 0 Å². The number of rotatable bonds is 0. The minimum Gasteiger partial charge on any atom is -0.490 e. The Kier molecular flexibility index (Phi) is 1.49. The van der Waals surface area contributed by atoms with E-state index in [0.717, 1.165) is 12.2 Å². The molecule has 3 aliphatic heterocycles. The summed E-state index contributed by atoms with van der Waals surface area (Å²) in [5.41, 5.74) is 0. The Balaban J connectivity index is 2.06. The van der Waals surface area contributed by atoms with E-state index in [0.29, 0.717) is 13.2 Å². The molecular weight excluding hydrogens is 172 g/mol. The molecule has 4 rings (SSSR count). The van der Waals surface area contributed by atoms with Crippen molar-refractivity contribution in [2.45, 2.75) is 18.3 Å². The maximum absolute atomic E-state index is 5.51. The molecule has 0 aromatic rings. The predicted octanol–water partition coefficient (Wildman–Crippen LogP) is 0.904. The summed E-state index contributed by atoms with van der Waals surface area (Å²) in [6.45, 7) is 1.10. The van der Waals surface area contributed by atoms with Crippen molar-refractivity contribution in [3.8, 4) is 0 Å². The topological polar surface area (TPSA) is 36.9 Å². The third-order valence-electron chi connectivity index (χ3n) is 2.34. The summed E-state index contributed by atoms with van der Waals surface area (Å²) >= 11 is 0. The molecule has 4 nitrogen and oxygen atoms in total. The van der Waals surface area contributed by atoms with Crippen LogP contribution in [0.1, 0.15) is 6.42 Å². The molecule has 1 fully saturated rings. The smallest absolute Gasteiger partial charge is 0.278 e. The summed E-state index contributed by atoms with van der Waals surface area (Å²) in [5, 5.41) is 0. The van der Waals surface area contributed by atoms with E-state index < -0.39 is 5.79 Å². The van der Waals surface area contributed by atoms with Gasteiger partial charge in [-0.15, -0.1) is 0 Å². The second kappa shape index (κ2) is 2.57. The summed E-state index contributed by atoms with van der Waals surface area (Å²) in [6.07, 6.45) is 6.53. The van der Waals surface area contributed by atoms with Crippen LogP contribution in [0, 0.1) is 0 Å². The average molecular weight is 182 g/mol. The molecule has 4 heteroatoms. The lowest BCUT2D eigenvalue weighted by Crippen LogP contribution is -2.44. The van der Waals surface area contributed by atoms with E-state index in [4.69, 9.17) is 19.2 Å². The van der Waals surface area contributed by atoms with Crippen LogP contribution in [0.4, 0.5) is 0 Å². The maximum Gasteiger partial charge on any atom is 0.278 e. The van der Waals surface area contributed by atoms with Crippen molar-refractivity contribution in [1.29, 1.82) is 0 Å². The van der Waals surface area contributed by atoms with Gasteiger partial charge in [0.1, 0.15) is 12.7 Å². The van der Waals surface area contributed by atoms with E-state index in [2.05, 4.69) is 0 Å². The van der Waals surface area contributed by atoms with Crippen LogP contribution in [0.15, 0.2) is 24.0 Å². The zero-order valence-electron chi connectivity index (χ0n) is 7.06. The Morgan fingerprint density at radius 3 is 3.38 bits per heavy atom. The monoisotopic (exact) mass is 182 g/mol. The molecule has 3 heterocycles. The van der Waals surface area contributed by atoms with Gasteiger partial charge in [0.2, 0.25) is 0 Å². The lowest BCUT2D eigenvalue weighted by atomic mass is 10.2. The van der Waals surface area contributed by atoms with E-state index in [-0.39, 0.29) is 6.10 Å². The number of hydrogen-bond acceptors (Lipinski definition) is 4. The highest BCUT2D eigenvalue weighted by atomic mass is 17.2. The average Bonchev–Trinajstić information content (AvgIpc) is 2.46. The third kappa shape index (κ3) is 1.03. The zero-order chi connectivity index (χ0) is 8.73. The standard InChI is InChI=1S/C9H10O4/c1-2-7-6-8-9(3-1,13-12-7)11-5-4-10-8/h1,3,6-7H,2,4-5H2. The zero-order valence-corrected chi connectivity index (χ0v) is 7.06. The van der Waals surface area contributed by atoms with Gasteiger partial charge in [-0.3, -0.25) is 0 Å². The normalized spacial score (nSPS) is 41.8. The third-order valence-corrected chi connectivity index (χ3v) is 2.34. The first-order valence-electron chi connectivity index (χ1n) is 4.40. The highest BCUT2D eigenvalue weighted by Gasteiger charge is 2.45. The van der Waals surface area contributed by atoms with Crippen LogP contribution in [0.5, 0.6) is 0 Å². The summed E-state index contributed by atoms with van der Waals surface area (Å²) in [5.74, 6) is -0.172. The van der Waals surface area contributed by atoms with Crippen LogP contribution in [-0.4, -0.2) is 25.1 Å². The van der Waals surface area contributed by atoms with Crippen molar-refractivity contribution in [1.82, 2.24) is 0 Å². The van der Waals surface area contributed by atoms with Gasteiger partial charge in [-0.2, -0.15) is 4.89 Å². The highest BCUT2D eigenvalue weighted by Crippen LogP contribution is 2.37. The van der Waals surface area contributed by atoms with Crippen molar-refractivity contribution in [3.63, 3.8) is 0 Å². The number of fused-ring (bicyclic) bond motifs is 2. The van der Waals surface area contributed by atoms with Gasteiger partial charge in [-0.25, -0.2) is 4.89 Å². The molecule has 0 aromatic heterocycles. The van der Waals surface area contributed by atoms with Crippen LogP contribution in [0.25, 0.3) is 0 Å². The molecule has 1 spiro atoms. The van der Waals surface area contributed by atoms with E-state index in [9.17, 15) is 0 Å². The first-order valence-corrected chi connectivity index (χ1v) is 4.40. The molecule has 4 aliphatic rings. The van der Waals surface area contributed by atoms with Crippen molar-refractivity contribution in [2.24, 2.45) is 0 Å². The van der Waals surface area contributed by atoms with Crippen LogP contribution in [-0.2, 0) is 19.2 Å². The van der Waals surface area contributed by atoms with Gasteiger partial charge < -0.3 is 9.47 Å². The Hall–Kier alpha value is -0.840. The fourth-order valence-corrected chi connectivity index (χ4v) is 1.70. The lowest BCUT2D eigenvalue weighted by molar-refractivity contribution is -0.433. The fourth-order valence-electron chi connectivity index (χ4n) is 1.70. The number of hydrogen-bond donors (Lipinski definition) is 0. The Bertz CT molecular complexity index is 283. The first-order chi connectivity index (χ1) is 6.39. The van der Waals surface area contributed by atoms with Crippen LogP contribution in [0.2, 0.25) is 0 Å². The lowest BCUT2D eigenvalue weighted by Gasteiger charge is -2.37. The predicted molar refractivity (Wildman–Crippen MR) is 42.4 cm³/mol. The largest absolute Gasteiger partial charge is 0.490 e. The summed E-state index contributed by atoms with van der Waals surface area (Å²) in [7, 11) is 0. The maximum atomic E-state index is 5.51. The van der Waals surface area contributed by atoms with Crippen molar-refractivity contribution >= 4 is 0 Å². The van der Waals surface area contributed by atoms with Gasteiger partial charge in [-0.1, -0.05) is 6.08 Å². The first kappa shape index (κ1) is 7.55. The molecular formula is C9H10O4. The van der Waals surface area contributed by atoms with Gasteiger partial charge in [0.15, 0.2) is 5.76 Å². The molecule has 13 heavy (non-hydrogen) atoms. The fraction of sp³-hybridized carbons (Fsp3) is 0.556. The van der Waals surface area contributed by atoms with Gasteiger partial charge >= 0.3 is 0 Å². The molecule has 1 aliphatic carbocycles. The van der Waals surface area contributed by atoms with Crippen molar-refractivity contribution in [3.05, 3.63) is 24.0 Å². The molecule has 0 radical (unpaired) electrons. The van der Waals surface area contributed by atoms with Crippen LogP contribution in [0.3, 0.4) is 0 Å². The van der Waals surface area contributed by atoms with Crippen LogP contribution < -0.4 is 0 Å². The van der Waals surface area contributed by atoms with Gasteiger partial charge in [0.25, 0.3) is 5.79 Å². The Morgan fingerprint density at radius 1 is 1.38 bits per heavy atom. The molecule has 70 valence electrons. The van der Waals surface area contributed by atoms with E-state index >= 15 is 0 Å². The molecule has 0 aromatic carbocycles. The van der Waals surface area contributed by atoms with E-state index in [1.54, 1.807) is 0 Å². The minimum atomic E-state index is -0.898. The quantitative estimate of drug-likeness (QED) is 0.412. The molecule has 0 amide bonds. The van der Waals surface area contributed by atoms with E-state index in [1.807, 2.05) is 18.2 Å². The highest BCUT2D eigenvalue weighted by molar-refractivity contribution is 5.23. The summed E-state index contributed by atoms with van der Waals surface area (Å²) in [6, 6.07) is 0. The SMILES string of the molecule is C1=CC23OCCOC2=CC(C1)OO3. The molecule has 0 saturated carbocycles. The number of ether oxygens (including phenoxy) is 2. The minimum absolute atomic E-state index is 0.0384. The molecule has 2 atom stereocenters. The summed E-state index contributed by atoms with van der Waals surface area (Å²) < 4.78 is 11.0. The Labute approximate surface area is 75.6 Å². The molecule has 1 saturated heterocycles. The van der Waals surface area contributed by atoms with Crippen molar-refractivity contribution < 1.29 is 19.2 Å². The summed E-state index contributed by atoms with van der Waals surface area (Å²) in [4.78, 5) is 10.3. The van der Waals surface area contributed by atoms with Gasteiger partial charge in [0.05, 0.1) is 6.61 Å². The second-order valence-electron chi connectivity index (χ2n) is 3.25. The van der Waals surface area contributed by atoms with Crippen LogP contribution >= 0.6 is 0 Å². The van der Waals surface area contributed by atoms with Gasteiger partial charge in [-0.05, 0) is 18.6 Å².